The first-order valence-corrected chi connectivity index (χ1v) is 10.6. The summed E-state index contributed by atoms with van der Waals surface area (Å²) in [6, 6.07) is 14.8. The van der Waals surface area contributed by atoms with Gasteiger partial charge in [0.2, 0.25) is 5.91 Å². The minimum absolute atomic E-state index is 0.0191. The van der Waals surface area contributed by atoms with Crippen LogP contribution in [0.1, 0.15) is 12.8 Å². The number of benzene rings is 2. The number of para-hydroxylation sites is 2. The molecule has 1 fully saturated rings. The number of anilines is 1. The van der Waals surface area contributed by atoms with E-state index in [4.69, 9.17) is 9.47 Å². The second-order valence-electron chi connectivity index (χ2n) is 6.44. The van der Waals surface area contributed by atoms with Gasteiger partial charge < -0.3 is 14.8 Å². The van der Waals surface area contributed by atoms with Crippen LogP contribution in [0.5, 0.6) is 5.75 Å². The molecule has 0 unspecified atom stereocenters. The molecule has 1 amide bonds. The zero-order valence-corrected chi connectivity index (χ0v) is 16.5. The summed E-state index contributed by atoms with van der Waals surface area (Å²) in [7, 11) is -2.50. The summed E-state index contributed by atoms with van der Waals surface area (Å²) in [5, 5.41) is 2.78. The minimum atomic E-state index is -3.96. The zero-order valence-electron chi connectivity index (χ0n) is 15.7. The molecule has 8 heteroatoms. The quantitative estimate of drug-likeness (QED) is 0.729. The maximum Gasteiger partial charge on any atom is 0.264 e. The van der Waals surface area contributed by atoms with E-state index in [2.05, 4.69) is 5.32 Å². The standard InChI is InChI=1S/C20H24N2O5S/c1-26-19-12-6-5-11-18(19)22(28(24,25)17-9-3-2-4-10-17)15-20(23)21-14-16-8-7-13-27-16/h2-6,9-12,16H,7-8,13-15H2,1H3,(H,21,23)/t16-/m0/s1. The molecule has 1 atom stereocenters. The van der Waals surface area contributed by atoms with Crippen LogP contribution < -0.4 is 14.4 Å². The number of hydrogen-bond acceptors (Lipinski definition) is 5. The maximum atomic E-state index is 13.3. The Morgan fingerprint density at radius 3 is 2.57 bits per heavy atom. The molecule has 1 aliphatic rings. The van der Waals surface area contributed by atoms with Crippen molar-refractivity contribution < 1.29 is 22.7 Å². The Hall–Kier alpha value is -2.58. The van der Waals surface area contributed by atoms with Gasteiger partial charge in [0.05, 0.1) is 23.8 Å². The van der Waals surface area contributed by atoms with Crippen molar-refractivity contribution in [2.45, 2.75) is 23.8 Å². The van der Waals surface area contributed by atoms with Crippen LogP contribution in [-0.4, -0.2) is 47.2 Å². The zero-order chi connectivity index (χ0) is 20.0. The van der Waals surface area contributed by atoms with E-state index in [0.717, 1.165) is 17.1 Å². The number of nitrogens with one attached hydrogen (secondary N) is 1. The van der Waals surface area contributed by atoms with Crippen LogP contribution in [0.25, 0.3) is 0 Å². The Morgan fingerprint density at radius 1 is 1.18 bits per heavy atom. The summed E-state index contributed by atoms with van der Waals surface area (Å²) >= 11 is 0. The molecule has 1 N–H and O–H groups in total. The maximum absolute atomic E-state index is 13.3. The van der Waals surface area contributed by atoms with Gasteiger partial charge >= 0.3 is 0 Å². The molecule has 0 spiro atoms. The fourth-order valence-corrected chi connectivity index (χ4v) is 4.53. The highest BCUT2D eigenvalue weighted by atomic mass is 32.2. The average Bonchev–Trinajstić information content (AvgIpc) is 3.25. The van der Waals surface area contributed by atoms with Crippen molar-refractivity contribution in [1.82, 2.24) is 5.32 Å². The van der Waals surface area contributed by atoms with E-state index in [1.54, 1.807) is 42.5 Å². The third kappa shape index (κ3) is 4.63. The van der Waals surface area contributed by atoms with Crippen LogP contribution in [-0.2, 0) is 19.6 Å². The van der Waals surface area contributed by atoms with Gasteiger partial charge in [0, 0.05) is 13.2 Å². The molecule has 0 saturated carbocycles. The Labute approximate surface area is 165 Å². The summed E-state index contributed by atoms with van der Waals surface area (Å²) in [6.07, 6.45) is 1.84. The molecule has 1 saturated heterocycles. The molecule has 150 valence electrons. The molecule has 2 aromatic carbocycles. The SMILES string of the molecule is COc1ccccc1N(CC(=O)NC[C@@H]1CCCO1)S(=O)(=O)c1ccccc1. The number of methoxy groups -OCH3 is 1. The first-order valence-electron chi connectivity index (χ1n) is 9.11. The van der Waals surface area contributed by atoms with Gasteiger partial charge in [-0.1, -0.05) is 30.3 Å². The Morgan fingerprint density at radius 2 is 1.89 bits per heavy atom. The lowest BCUT2D eigenvalue weighted by Gasteiger charge is -2.25. The molecule has 0 bridgehead atoms. The van der Waals surface area contributed by atoms with E-state index in [0.29, 0.717) is 24.6 Å². The Kier molecular flexibility index (Phi) is 6.53. The van der Waals surface area contributed by atoms with Crippen LogP contribution in [0.2, 0.25) is 0 Å². The van der Waals surface area contributed by atoms with E-state index in [1.807, 2.05) is 0 Å². The molecular weight excluding hydrogens is 380 g/mol. The second kappa shape index (κ2) is 9.07. The fraction of sp³-hybridized carbons (Fsp3) is 0.350. The number of sulfonamides is 1. The van der Waals surface area contributed by atoms with Crippen molar-refractivity contribution in [2.75, 3.05) is 31.1 Å². The van der Waals surface area contributed by atoms with E-state index < -0.39 is 15.9 Å². The summed E-state index contributed by atoms with van der Waals surface area (Å²) in [6.45, 7) is 0.699. The normalized spacial score (nSPS) is 16.5. The first-order chi connectivity index (χ1) is 13.5. The molecule has 28 heavy (non-hydrogen) atoms. The van der Waals surface area contributed by atoms with Crippen molar-refractivity contribution in [2.24, 2.45) is 0 Å². The van der Waals surface area contributed by atoms with Crippen LogP contribution in [0.15, 0.2) is 59.5 Å². The van der Waals surface area contributed by atoms with E-state index in [-0.39, 0.29) is 17.5 Å². The van der Waals surface area contributed by atoms with Crippen molar-refractivity contribution in [3.8, 4) is 5.75 Å². The number of nitrogens with zero attached hydrogens (tertiary/aromatic N) is 1. The lowest BCUT2D eigenvalue weighted by Crippen LogP contribution is -2.43. The lowest BCUT2D eigenvalue weighted by atomic mass is 10.2. The van der Waals surface area contributed by atoms with Crippen molar-refractivity contribution in [3.63, 3.8) is 0 Å². The fourth-order valence-electron chi connectivity index (χ4n) is 3.07. The molecule has 0 aliphatic carbocycles. The van der Waals surface area contributed by atoms with Crippen molar-refractivity contribution in [3.05, 3.63) is 54.6 Å². The molecule has 3 rings (SSSR count). The third-order valence-corrected chi connectivity index (χ3v) is 6.30. The Bertz CT molecular complexity index is 896. The number of carbonyl (C=O) groups excluding carboxylic acids is 1. The first kappa shape index (κ1) is 20.2. The number of ether oxygens (including phenoxy) is 2. The van der Waals surface area contributed by atoms with E-state index in [9.17, 15) is 13.2 Å². The van der Waals surface area contributed by atoms with Gasteiger partial charge in [-0.05, 0) is 37.1 Å². The summed E-state index contributed by atoms with van der Waals surface area (Å²) in [5.74, 6) is -0.0326. The van der Waals surface area contributed by atoms with Gasteiger partial charge in [-0.25, -0.2) is 8.42 Å². The topological polar surface area (TPSA) is 84.9 Å². The van der Waals surface area contributed by atoms with Crippen LogP contribution >= 0.6 is 0 Å². The van der Waals surface area contributed by atoms with Gasteiger partial charge in [-0.2, -0.15) is 0 Å². The number of amides is 1. The molecule has 0 radical (unpaired) electrons. The number of hydrogen-bond donors (Lipinski definition) is 1. The molecule has 1 heterocycles. The molecule has 7 nitrogen and oxygen atoms in total. The van der Waals surface area contributed by atoms with Crippen molar-refractivity contribution >= 4 is 21.6 Å². The summed E-state index contributed by atoms with van der Waals surface area (Å²) < 4.78 is 38.4. The van der Waals surface area contributed by atoms with Crippen LogP contribution in [0, 0.1) is 0 Å². The predicted molar refractivity (Wildman–Crippen MR) is 106 cm³/mol. The highest BCUT2D eigenvalue weighted by molar-refractivity contribution is 7.92. The lowest BCUT2D eigenvalue weighted by molar-refractivity contribution is -0.120. The smallest absolute Gasteiger partial charge is 0.264 e. The monoisotopic (exact) mass is 404 g/mol. The molecular formula is C20H24N2O5S. The second-order valence-corrected chi connectivity index (χ2v) is 8.30. The Balaban J connectivity index is 1.87. The highest BCUT2D eigenvalue weighted by Gasteiger charge is 2.29. The van der Waals surface area contributed by atoms with E-state index >= 15 is 0 Å². The van der Waals surface area contributed by atoms with Crippen LogP contribution in [0.4, 0.5) is 5.69 Å². The average molecular weight is 404 g/mol. The van der Waals surface area contributed by atoms with E-state index in [1.165, 1.54) is 19.2 Å². The predicted octanol–water partition coefficient (Wildman–Crippen LogP) is 2.19. The minimum Gasteiger partial charge on any atom is -0.495 e. The molecule has 1 aliphatic heterocycles. The van der Waals surface area contributed by atoms with Crippen LogP contribution in [0.3, 0.4) is 0 Å². The summed E-state index contributed by atoms with van der Waals surface area (Å²) in [4.78, 5) is 12.7. The molecule has 0 aromatic heterocycles. The van der Waals surface area contributed by atoms with Gasteiger partial charge in [0.15, 0.2) is 0 Å². The molecule has 2 aromatic rings. The number of rotatable bonds is 8. The largest absolute Gasteiger partial charge is 0.495 e. The van der Waals surface area contributed by atoms with Gasteiger partial charge in [-0.3, -0.25) is 9.10 Å². The third-order valence-electron chi connectivity index (χ3n) is 4.52. The van der Waals surface area contributed by atoms with Crippen molar-refractivity contribution in [1.29, 1.82) is 0 Å². The number of carbonyl (C=O) groups is 1. The van der Waals surface area contributed by atoms with Gasteiger partial charge in [0.25, 0.3) is 10.0 Å². The van der Waals surface area contributed by atoms with Gasteiger partial charge in [-0.15, -0.1) is 0 Å². The summed E-state index contributed by atoms with van der Waals surface area (Å²) in [5.41, 5.74) is 0.307. The highest BCUT2D eigenvalue weighted by Crippen LogP contribution is 2.32. The van der Waals surface area contributed by atoms with Gasteiger partial charge in [0.1, 0.15) is 12.3 Å².